The van der Waals surface area contributed by atoms with Gasteiger partial charge in [-0.1, -0.05) is 40.9 Å². The Hall–Kier alpha value is -1.86. The second kappa shape index (κ2) is 8.49. The number of nitro benzene ring substituents is 1. The minimum atomic E-state index is -0.553. The predicted molar refractivity (Wildman–Crippen MR) is 98.4 cm³/mol. The highest BCUT2D eigenvalue weighted by Gasteiger charge is 2.16. The molecule has 0 aliphatic rings. The molecule has 0 heterocycles. The molecule has 1 amide bonds. The topological polar surface area (TPSA) is 88.8 Å². The molecule has 2 aromatic carbocycles. The van der Waals surface area contributed by atoms with Crippen molar-refractivity contribution in [2.24, 2.45) is 0 Å². The Labute approximate surface area is 159 Å². The Bertz CT molecular complexity index is 814. The van der Waals surface area contributed by atoms with Crippen molar-refractivity contribution in [3.63, 3.8) is 0 Å². The Morgan fingerprint density at radius 2 is 1.92 bits per heavy atom. The van der Waals surface area contributed by atoms with Gasteiger partial charge in [0, 0.05) is 22.7 Å². The average molecular weight is 404 g/mol. The lowest BCUT2D eigenvalue weighted by molar-refractivity contribution is -0.682. The minimum absolute atomic E-state index is 0.0529. The monoisotopic (exact) mass is 402 g/mol. The number of carbonyl (C=O) groups is 1. The average Bonchev–Trinajstić information content (AvgIpc) is 2.54. The lowest BCUT2D eigenvalue weighted by Crippen LogP contribution is -2.86. The van der Waals surface area contributed by atoms with E-state index in [2.05, 4.69) is 5.32 Å². The molecular weight excluding hydrogens is 389 g/mol. The maximum atomic E-state index is 12.1. The molecule has 2 rings (SSSR count). The van der Waals surface area contributed by atoms with Crippen LogP contribution in [-0.4, -0.2) is 17.4 Å². The Morgan fingerprint density at radius 1 is 1.20 bits per heavy atom. The molecule has 0 bridgehead atoms. The Balaban J connectivity index is 1.95. The van der Waals surface area contributed by atoms with E-state index in [0.717, 1.165) is 5.56 Å². The first-order chi connectivity index (χ1) is 11.8. The largest absolute Gasteiger partial charge is 0.332 e. The maximum absolute atomic E-state index is 12.1. The van der Waals surface area contributed by atoms with E-state index in [1.165, 1.54) is 18.2 Å². The van der Waals surface area contributed by atoms with Crippen molar-refractivity contribution >= 4 is 52.1 Å². The number of nitrogens with two attached hydrogens (primary N) is 1. The second-order valence-corrected chi connectivity index (χ2v) is 6.61. The lowest BCUT2D eigenvalue weighted by Gasteiger charge is -2.13. The zero-order valence-electron chi connectivity index (χ0n) is 13.1. The third-order valence-electron chi connectivity index (χ3n) is 3.55. The summed E-state index contributed by atoms with van der Waals surface area (Å²) in [5.41, 5.74) is 1.05. The summed E-state index contributed by atoms with van der Waals surface area (Å²) in [6, 6.07) is 9.03. The van der Waals surface area contributed by atoms with Gasteiger partial charge in [-0.3, -0.25) is 14.9 Å². The minimum Gasteiger partial charge on any atom is -0.332 e. The molecule has 3 N–H and O–H groups in total. The molecule has 6 nitrogen and oxygen atoms in total. The van der Waals surface area contributed by atoms with Gasteiger partial charge in [0.1, 0.15) is 6.04 Å². The van der Waals surface area contributed by atoms with Crippen molar-refractivity contribution in [2.45, 2.75) is 13.0 Å². The van der Waals surface area contributed by atoms with Crippen LogP contribution in [0.15, 0.2) is 36.4 Å². The highest BCUT2D eigenvalue weighted by molar-refractivity contribution is 6.35. The van der Waals surface area contributed by atoms with Crippen molar-refractivity contribution in [2.75, 3.05) is 11.9 Å². The summed E-state index contributed by atoms with van der Waals surface area (Å²) in [5.74, 6) is -0.285. The number of anilines is 1. The van der Waals surface area contributed by atoms with Crippen molar-refractivity contribution < 1.29 is 15.0 Å². The molecule has 1 atom stereocenters. The number of quaternary nitrogens is 1. The van der Waals surface area contributed by atoms with Crippen LogP contribution in [0.3, 0.4) is 0 Å². The quantitative estimate of drug-likeness (QED) is 0.567. The fraction of sp³-hybridized carbons (Fsp3) is 0.188. The third kappa shape index (κ3) is 5.31. The van der Waals surface area contributed by atoms with Gasteiger partial charge in [0.25, 0.3) is 11.6 Å². The standard InChI is InChI=1S/C16H14Cl3N3O3/c1-9(12-4-2-10(17)6-13(12)18)20-8-16(23)21-15-5-3-11(22(24)25)7-14(15)19/h2-7,9,20H,8H2,1H3,(H,21,23)/p+1/t9-/m1/s1. The van der Waals surface area contributed by atoms with Crippen LogP contribution < -0.4 is 10.6 Å². The number of nitrogens with zero attached hydrogens (tertiary/aromatic N) is 1. The molecule has 0 fully saturated rings. The van der Waals surface area contributed by atoms with Gasteiger partial charge in [0.15, 0.2) is 6.54 Å². The Kier molecular flexibility index (Phi) is 6.61. The van der Waals surface area contributed by atoms with Crippen molar-refractivity contribution in [1.29, 1.82) is 0 Å². The number of amides is 1. The van der Waals surface area contributed by atoms with E-state index < -0.39 is 4.92 Å². The molecule has 0 saturated heterocycles. The zero-order valence-corrected chi connectivity index (χ0v) is 15.4. The SMILES string of the molecule is C[C@@H]([NH2+]CC(=O)Nc1ccc([N+](=O)[O-])cc1Cl)c1ccc(Cl)cc1Cl. The summed E-state index contributed by atoms with van der Waals surface area (Å²) < 4.78 is 0. The van der Waals surface area contributed by atoms with E-state index in [1.54, 1.807) is 12.1 Å². The lowest BCUT2D eigenvalue weighted by atomic mass is 10.1. The molecule has 2 aromatic rings. The first kappa shape index (κ1) is 19.5. The van der Waals surface area contributed by atoms with Gasteiger partial charge in [-0.2, -0.15) is 0 Å². The zero-order chi connectivity index (χ0) is 18.6. The first-order valence-corrected chi connectivity index (χ1v) is 8.43. The number of hydrogen-bond donors (Lipinski definition) is 2. The molecule has 0 aliphatic carbocycles. The van der Waals surface area contributed by atoms with E-state index in [-0.39, 0.29) is 29.2 Å². The van der Waals surface area contributed by atoms with E-state index in [1.807, 2.05) is 18.3 Å². The Morgan fingerprint density at radius 3 is 2.52 bits per heavy atom. The fourth-order valence-corrected chi connectivity index (χ4v) is 3.00. The van der Waals surface area contributed by atoms with E-state index >= 15 is 0 Å². The molecule has 25 heavy (non-hydrogen) atoms. The van der Waals surface area contributed by atoms with Gasteiger partial charge >= 0.3 is 0 Å². The first-order valence-electron chi connectivity index (χ1n) is 7.30. The summed E-state index contributed by atoms with van der Waals surface area (Å²) in [6.45, 7) is 2.05. The molecule has 0 radical (unpaired) electrons. The molecular formula is C16H15Cl3N3O3+. The van der Waals surface area contributed by atoms with Crippen LogP contribution in [-0.2, 0) is 4.79 Å². The van der Waals surface area contributed by atoms with Crippen LogP contribution >= 0.6 is 34.8 Å². The molecule has 0 unspecified atom stereocenters. The number of benzene rings is 2. The van der Waals surface area contributed by atoms with Crippen LogP contribution in [0.2, 0.25) is 15.1 Å². The second-order valence-electron chi connectivity index (χ2n) is 5.36. The fourth-order valence-electron chi connectivity index (χ4n) is 2.20. The summed E-state index contributed by atoms with van der Waals surface area (Å²) in [4.78, 5) is 22.2. The number of halogens is 3. The summed E-state index contributed by atoms with van der Waals surface area (Å²) in [5, 5.41) is 16.3. The number of rotatable bonds is 6. The highest BCUT2D eigenvalue weighted by Crippen LogP contribution is 2.26. The van der Waals surface area contributed by atoms with E-state index in [0.29, 0.717) is 15.7 Å². The third-order valence-corrected chi connectivity index (χ3v) is 4.42. The molecule has 0 aromatic heterocycles. The van der Waals surface area contributed by atoms with Crippen molar-refractivity contribution in [3.8, 4) is 0 Å². The molecule has 0 saturated carbocycles. The van der Waals surface area contributed by atoms with Crippen LogP contribution in [0.1, 0.15) is 18.5 Å². The van der Waals surface area contributed by atoms with E-state index in [4.69, 9.17) is 34.8 Å². The smallest absolute Gasteiger partial charge is 0.279 e. The van der Waals surface area contributed by atoms with Crippen LogP contribution in [0, 0.1) is 10.1 Å². The molecule has 9 heteroatoms. The summed E-state index contributed by atoms with van der Waals surface area (Å²) in [7, 11) is 0. The van der Waals surface area contributed by atoms with Gasteiger partial charge < -0.3 is 10.6 Å². The van der Waals surface area contributed by atoms with Crippen LogP contribution in [0.4, 0.5) is 11.4 Å². The summed E-state index contributed by atoms with van der Waals surface area (Å²) >= 11 is 18.0. The molecule has 0 aliphatic heterocycles. The van der Waals surface area contributed by atoms with Crippen LogP contribution in [0.25, 0.3) is 0 Å². The van der Waals surface area contributed by atoms with Gasteiger partial charge in [0.2, 0.25) is 0 Å². The number of nitro groups is 1. The maximum Gasteiger partial charge on any atom is 0.279 e. The van der Waals surface area contributed by atoms with Gasteiger partial charge in [0.05, 0.1) is 20.7 Å². The normalized spacial score (nSPS) is 11.8. The highest BCUT2D eigenvalue weighted by atomic mass is 35.5. The molecule has 132 valence electrons. The van der Waals surface area contributed by atoms with Gasteiger partial charge in [-0.05, 0) is 25.1 Å². The molecule has 0 spiro atoms. The van der Waals surface area contributed by atoms with Crippen LogP contribution in [0.5, 0.6) is 0 Å². The van der Waals surface area contributed by atoms with Crippen molar-refractivity contribution in [3.05, 3.63) is 67.1 Å². The summed E-state index contributed by atoms with van der Waals surface area (Å²) in [6.07, 6.45) is 0. The number of non-ortho nitro benzene ring substituents is 1. The number of carbonyl (C=O) groups excluding carboxylic acids is 1. The van der Waals surface area contributed by atoms with Gasteiger partial charge in [-0.25, -0.2) is 0 Å². The number of nitrogens with one attached hydrogen (secondary N) is 1. The van der Waals surface area contributed by atoms with Crippen molar-refractivity contribution in [1.82, 2.24) is 0 Å². The van der Waals surface area contributed by atoms with E-state index in [9.17, 15) is 14.9 Å². The van der Waals surface area contributed by atoms with Gasteiger partial charge in [-0.15, -0.1) is 0 Å². The predicted octanol–water partition coefficient (Wildman–Crippen LogP) is 3.82. The number of hydrogen-bond acceptors (Lipinski definition) is 3.